The third-order valence-electron chi connectivity index (χ3n) is 2.91. The molecule has 2 aromatic carbocycles. The average Bonchev–Trinajstić information content (AvgIpc) is 2.40. The van der Waals surface area contributed by atoms with E-state index in [0.717, 1.165) is 16.2 Å². The van der Waals surface area contributed by atoms with Crippen LogP contribution in [-0.2, 0) is 0 Å². The summed E-state index contributed by atoms with van der Waals surface area (Å²) in [6, 6.07) is 17.8. The number of rotatable bonds is 3. The predicted molar refractivity (Wildman–Crippen MR) is 78.5 cm³/mol. The van der Waals surface area contributed by atoms with Crippen molar-refractivity contribution in [2.75, 3.05) is 0 Å². The molecular weight excluding hydrogens is 242 g/mol. The van der Waals surface area contributed by atoms with Gasteiger partial charge in [0.1, 0.15) is 0 Å². The number of hydrogen-bond acceptors (Lipinski definition) is 1. The third-order valence-corrected chi connectivity index (χ3v) is 3.17. The normalized spacial score (nSPS) is 13.4. The van der Waals surface area contributed by atoms with E-state index in [0.29, 0.717) is 0 Å². The molecule has 0 heterocycles. The molecule has 0 saturated heterocycles. The second-order valence-electron chi connectivity index (χ2n) is 4.33. The maximum Gasteiger partial charge on any atom is 0.0511 e. The summed E-state index contributed by atoms with van der Waals surface area (Å²) in [6.45, 7) is 2.05. The van der Waals surface area contributed by atoms with Crippen molar-refractivity contribution in [2.45, 2.75) is 13.0 Å². The molecule has 2 N–H and O–H groups in total. The summed E-state index contributed by atoms with van der Waals surface area (Å²) in [5.41, 5.74) is 9.59. The standard InChI is InChI=1S/C16H16ClN/c1-12(11-13-5-3-2-4-6-13)16(18)14-7-9-15(17)10-8-14/h2-11,16H,18H2,1H3/b12-11+. The molecule has 1 atom stereocenters. The van der Waals surface area contributed by atoms with Crippen molar-refractivity contribution >= 4 is 17.7 Å². The molecule has 0 amide bonds. The zero-order valence-electron chi connectivity index (χ0n) is 10.3. The van der Waals surface area contributed by atoms with Gasteiger partial charge in [0.15, 0.2) is 0 Å². The van der Waals surface area contributed by atoms with Crippen LogP contribution in [-0.4, -0.2) is 0 Å². The van der Waals surface area contributed by atoms with Crippen molar-refractivity contribution < 1.29 is 0 Å². The Morgan fingerprint density at radius 1 is 1.06 bits per heavy atom. The molecule has 0 aliphatic carbocycles. The van der Waals surface area contributed by atoms with E-state index in [1.54, 1.807) is 0 Å². The summed E-state index contributed by atoms with van der Waals surface area (Å²) in [7, 11) is 0. The highest BCUT2D eigenvalue weighted by Gasteiger charge is 2.07. The van der Waals surface area contributed by atoms with Gasteiger partial charge < -0.3 is 5.73 Å². The summed E-state index contributed by atoms with van der Waals surface area (Å²) in [4.78, 5) is 0. The lowest BCUT2D eigenvalue weighted by Crippen LogP contribution is -2.11. The van der Waals surface area contributed by atoms with E-state index in [1.165, 1.54) is 5.56 Å². The van der Waals surface area contributed by atoms with Gasteiger partial charge in [-0.25, -0.2) is 0 Å². The largest absolute Gasteiger partial charge is 0.321 e. The molecule has 1 unspecified atom stereocenters. The molecule has 0 aromatic heterocycles. The fourth-order valence-corrected chi connectivity index (χ4v) is 1.96. The molecule has 0 bridgehead atoms. The maximum absolute atomic E-state index is 6.23. The van der Waals surface area contributed by atoms with Crippen LogP contribution in [0, 0.1) is 0 Å². The van der Waals surface area contributed by atoms with E-state index in [2.05, 4.69) is 18.2 Å². The second-order valence-corrected chi connectivity index (χ2v) is 4.76. The second kappa shape index (κ2) is 5.85. The predicted octanol–water partition coefficient (Wildman–Crippen LogP) is 4.44. The van der Waals surface area contributed by atoms with Gasteiger partial charge >= 0.3 is 0 Å². The van der Waals surface area contributed by atoms with Gasteiger partial charge in [0.25, 0.3) is 0 Å². The van der Waals surface area contributed by atoms with E-state index in [1.807, 2.05) is 49.4 Å². The average molecular weight is 258 g/mol. The fraction of sp³-hybridized carbons (Fsp3) is 0.125. The lowest BCUT2D eigenvalue weighted by atomic mass is 9.99. The summed E-state index contributed by atoms with van der Waals surface area (Å²) in [6.07, 6.45) is 2.11. The Labute approximate surface area is 113 Å². The zero-order chi connectivity index (χ0) is 13.0. The summed E-state index contributed by atoms with van der Waals surface area (Å²) in [5, 5.41) is 0.732. The fourth-order valence-electron chi connectivity index (χ4n) is 1.83. The van der Waals surface area contributed by atoms with Crippen LogP contribution in [0.15, 0.2) is 60.2 Å². The van der Waals surface area contributed by atoms with Gasteiger partial charge in [-0.15, -0.1) is 0 Å². The highest BCUT2D eigenvalue weighted by Crippen LogP contribution is 2.22. The molecule has 18 heavy (non-hydrogen) atoms. The van der Waals surface area contributed by atoms with Crippen molar-refractivity contribution in [1.29, 1.82) is 0 Å². The molecule has 0 radical (unpaired) electrons. The van der Waals surface area contributed by atoms with Crippen LogP contribution < -0.4 is 5.73 Å². The first-order valence-corrected chi connectivity index (χ1v) is 6.29. The van der Waals surface area contributed by atoms with Crippen molar-refractivity contribution in [1.82, 2.24) is 0 Å². The van der Waals surface area contributed by atoms with Crippen LogP contribution in [0.1, 0.15) is 24.1 Å². The molecular formula is C16H16ClN. The van der Waals surface area contributed by atoms with E-state index in [4.69, 9.17) is 17.3 Å². The van der Waals surface area contributed by atoms with Gasteiger partial charge in [0.05, 0.1) is 6.04 Å². The van der Waals surface area contributed by atoms with E-state index in [9.17, 15) is 0 Å². The minimum atomic E-state index is -0.0949. The van der Waals surface area contributed by atoms with Crippen molar-refractivity contribution in [3.63, 3.8) is 0 Å². The highest BCUT2D eigenvalue weighted by atomic mass is 35.5. The van der Waals surface area contributed by atoms with Crippen molar-refractivity contribution in [3.05, 3.63) is 76.3 Å². The smallest absolute Gasteiger partial charge is 0.0511 e. The first kappa shape index (κ1) is 12.9. The van der Waals surface area contributed by atoms with E-state index >= 15 is 0 Å². The Hall–Kier alpha value is -1.57. The Balaban J connectivity index is 2.21. The Morgan fingerprint density at radius 2 is 1.67 bits per heavy atom. The van der Waals surface area contributed by atoms with Crippen molar-refractivity contribution in [3.8, 4) is 0 Å². The summed E-state index contributed by atoms with van der Waals surface area (Å²) >= 11 is 5.87. The lowest BCUT2D eigenvalue weighted by Gasteiger charge is -2.13. The molecule has 0 aliphatic rings. The van der Waals surface area contributed by atoms with Crippen LogP contribution in [0.3, 0.4) is 0 Å². The summed E-state index contributed by atoms with van der Waals surface area (Å²) in [5.74, 6) is 0. The first-order valence-electron chi connectivity index (χ1n) is 5.91. The van der Waals surface area contributed by atoms with Crippen molar-refractivity contribution in [2.24, 2.45) is 5.73 Å². The van der Waals surface area contributed by atoms with Crippen LogP contribution >= 0.6 is 11.6 Å². The zero-order valence-corrected chi connectivity index (χ0v) is 11.1. The van der Waals surface area contributed by atoms with Gasteiger partial charge in [-0.05, 0) is 30.2 Å². The Bertz CT molecular complexity index is 529. The Kier molecular flexibility index (Phi) is 4.19. The molecule has 2 rings (SSSR count). The molecule has 92 valence electrons. The van der Waals surface area contributed by atoms with Crippen LogP contribution in [0.2, 0.25) is 5.02 Å². The number of halogens is 1. The number of nitrogens with two attached hydrogens (primary N) is 1. The van der Waals surface area contributed by atoms with Crippen LogP contribution in [0.4, 0.5) is 0 Å². The molecule has 0 spiro atoms. The maximum atomic E-state index is 6.23. The number of benzene rings is 2. The third kappa shape index (κ3) is 3.22. The molecule has 0 fully saturated rings. The number of hydrogen-bond donors (Lipinski definition) is 1. The SMILES string of the molecule is C/C(=C\c1ccccc1)C(N)c1ccc(Cl)cc1. The Morgan fingerprint density at radius 3 is 2.28 bits per heavy atom. The van der Waals surface area contributed by atoms with Gasteiger partial charge in [-0.2, -0.15) is 0 Å². The van der Waals surface area contributed by atoms with E-state index < -0.39 is 0 Å². The van der Waals surface area contributed by atoms with E-state index in [-0.39, 0.29) is 6.04 Å². The molecule has 2 heteroatoms. The first-order chi connectivity index (χ1) is 8.66. The molecule has 0 saturated carbocycles. The minimum absolute atomic E-state index is 0.0949. The highest BCUT2D eigenvalue weighted by molar-refractivity contribution is 6.30. The molecule has 0 aliphatic heterocycles. The van der Waals surface area contributed by atoms with Gasteiger partial charge in [-0.1, -0.05) is 65.7 Å². The lowest BCUT2D eigenvalue weighted by molar-refractivity contribution is 0.853. The van der Waals surface area contributed by atoms with Crippen LogP contribution in [0.5, 0.6) is 0 Å². The molecule has 2 aromatic rings. The summed E-state index contributed by atoms with van der Waals surface area (Å²) < 4.78 is 0. The minimum Gasteiger partial charge on any atom is -0.321 e. The topological polar surface area (TPSA) is 26.0 Å². The van der Waals surface area contributed by atoms with Gasteiger partial charge in [-0.3, -0.25) is 0 Å². The quantitative estimate of drug-likeness (QED) is 0.864. The van der Waals surface area contributed by atoms with Crippen LogP contribution in [0.25, 0.3) is 6.08 Å². The molecule has 1 nitrogen and oxygen atoms in total. The monoisotopic (exact) mass is 257 g/mol. The van der Waals surface area contributed by atoms with Gasteiger partial charge in [0, 0.05) is 5.02 Å². The van der Waals surface area contributed by atoms with Gasteiger partial charge in [0.2, 0.25) is 0 Å².